The summed E-state index contributed by atoms with van der Waals surface area (Å²) < 4.78 is 5.16. The third kappa shape index (κ3) is 0.791. The van der Waals surface area contributed by atoms with Crippen LogP contribution in [0.4, 0.5) is 0 Å². The maximum Gasteiger partial charge on any atom is 0.309 e. The smallest absolute Gasteiger partial charge is 0.309 e. The highest BCUT2D eigenvalue weighted by Gasteiger charge is 2.12. The molecule has 10 heavy (non-hydrogen) atoms. The molecule has 1 aliphatic heterocycles. The zero-order valence-corrected chi connectivity index (χ0v) is 5.50. The first-order valence-corrected chi connectivity index (χ1v) is 3.25. The zero-order chi connectivity index (χ0) is 6.97. The Kier molecular flexibility index (Phi) is 1.17. The lowest BCUT2D eigenvalue weighted by Gasteiger charge is -1.95. The van der Waals surface area contributed by atoms with E-state index in [2.05, 4.69) is 0 Å². The molecule has 2 rings (SSSR count). The molecule has 0 atom stereocenters. The number of benzene rings is 1. The fraction of sp³-hybridized carbons (Fsp3) is 0.143. The van der Waals surface area contributed by atoms with Crippen LogP contribution in [-0.4, -0.2) is 12.6 Å². The largest absolute Gasteiger partial charge is 0.508 e. The Morgan fingerprint density at radius 3 is 3.30 bits per heavy atom. The van der Waals surface area contributed by atoms with Gasteiger partial charge < -0.3 is 9.76 Å². The van der Waals surface area contributed by atoms with E-state index in [1.54, 1.807) is 12.1 Å². The van der Waals surface area contributed by atoms with Crippen molar-refractivity contribution in [1.82, 2.24) is 0 Å². The van der Waals surface area contributed by atoms with Crippen molar-refractivity contribution in [2.75, 3.05) is 0 Å². The standard InChI is InChI=1S/C7H7BO2/c9-6-1-2-7-5(3-6)4-10-8-7/h1-3,8-9H,4H2. The van der Waals surface area contributed by atoms with E-state index in [0.717, 1.165) is 5.56 Å². The second kappa shape index (κ2) is 2.02. The molecule has 1 aromatic rings. The van der Waals surface area contributed by atoms with Crippen LogP contribution in [0.3, 0.4) is 0 Å². The maximum absolute atomic E-state index is 9.04. The summed E-state index contributed by atoms with van der Waals surface area (Å²) in [5.74, 6) is 0.323. The molecule has 0 aromatic heterocycles. The molecule has 0 radical (unpaired) electrons. The quantitative estimate of drug-likeness (QED) is 0.502. The first-order valence-electron chi connectivity index (χ1n) is 3.25. The fourth-order valence-corrected chi connectivity index (χ4v) is 1.16. The van der Waals surface area contributed by atoms with Gasteiger partial charge in [-0.15, -0.1) is 0 Å². The topological polar surface area (TPSA) is 29.5 Å². The van der Waals surface area contributed by atoms with Crippen molar-refractivity contribution in [2.45, 2.75) is 6.61 Å². The summed E-state index contributed by atoms with van der Waals surface area (Å²) in [6.07, 6.45) is 0. The molecule has 0 fully saturated rings. The highest BCUT2D eigenvalue weighted by molar-refractivity contribution is 6.48. The molecule has 1 N–H and O–H groups in total. The van der Waals surface area contributed by atoms with Gasteiger partial charge in [0.1, 0.15) is 5.75 Å². The van der Waals surface area contributed by atoms with Gasteiger partial charge in [0.15, 0.2) is 0 Å². The minimum atomic E-state index is 0.323. The van der Waals surface area contributed by atoms with Gasteiger partial charge in [0.2, 0.25) is 0 Å². The van der Waals surface area contributed by atoms with Crippen LogP contribution in [0.2, 0.25) is 0 Å². The summed E-state index contributed by atoms with van der Waals surface area (Å²) in [5.41, 5.74) is 2.30. The van der Waals surface area contributed by atoms with Crippen LogP contribution in [0.5, 0.6) is 5.75 Å². The van der Waals surface area contributed by atoms with Crippen molar-refractivity contribution in [1.29, 1.82) is 0 Å². The molecule has 1 aromatic carbocycles. The van der Waals surface area contributed by atoms with Crippen LogP contribution in [0, 0.1) is 0 Å². The lowest BCUT2D eigenvalue weighted by Crippen LogP contribution is -2.09. The van der Waals surface area contributed by atoms with Gasteiger partial charge in [-0.3, -0.25) is 0 Å². The van der Waals surface area contributed by atoms with Gasteiger partial charge in [-0.25, -0.2) is 0 Å². The summed E-state index contributed by atoms with van der Waals surface area (Å²) in [5, 5.41) is 9.04. The molecule has 0 saturated carbocycles. The van der Waals surface area contributed by atoms with Crippen molar-refractivity contribution in [3.8, 4) is 5.75 Å². The maximum atomic E-state index is 9.04. The average Bonchev–Trinajstić information content (AvgIpc) is 2.33. The van der Waals surface area contributed by atoms with Gasteiger partial charge in [0.25, 0.3) is 0 Å². The molecule has 1 heterocycles. The third-order valence-electron chi connectivity index (χ3n) is 1.70. The minimum Gasteiger partial charge on any atom is -0.508 e. The average molecular weight is 134 g/mol. The predicted molar refractivity (Wildman–Crippen MR) is 39.7 cm³/mol. The molecular formula is C7H7BO2. The van der Waals surface area contributed by atoms with Gasteiger partial charge in [-0.2, -0.15) is 0 Å². The summed E-state index contributed by atoms with van der Waals surface area (Å²) in [6, 6.07) is 5.34. The van der Waals surface area contributed by atoms with E-state index in [1.807, 2.05) is 6.07 Å². The summed E-state index contributed by atoms with van der Waals surface area (Å²) in [4.78, 5) is 0. The van der Waals surface area contributed by atoms with Gasteiger partial charge >= 0.3 is 7.48 Å². The molecule has 0 bridgehead atoms. The molecule has 0 spiro atoms. The van der Waals surface area contributed by atoms with Crippen molar-refractivity contribution in [3.05, 3.63) is 23.8 Å². The Hall–Kier alpha value is -0.955. The Labute approximate surface area is 59.7 Å². The summed E-state index contributed by atoms with van der Waals surface area (Å²) in [6.45, 7) is 0.643. The second-order valence-corrected chi connectivity index (χ2v) is 2.45. The highest BCUT2D eigenvalue weighted by Crippen LogP contribution is 2.12. The SMILES string of the molecule is Oc1ccc2c(c1)COB2. The number of phenolic OH excluding ortho intramolecular Hbond substituents is 1. The normalized spacial score (nSPS) is 14.4. The van der Waals surface area contributed by atoms with Crippen LogP contribution < -0.4 is 5.46 Å². The number of rotatable bonds is 0. The minimum absolute atomic E-state index is 0.323. The first-order chi connectivity index (χ1) is 4.86. The van der Waals surface area contributed by atoms with Crippen LogP contribution >= 0.6 is 0 Å². The van der Waals surface area contributed by atoms with Crippen molar-refractivity contribution in [2.24, 2.45) is 0 Å². The van der Waals surface area contributed by atoms with E-state index in [4.69, 9.17) is 9.76 Å². The zero-order valence-electron chi connectivity index (χ0n) is 5.50. The molecule has 0 amide bonds. The van der Waals surface area contributed by atoms with Crippen LogP contribution in [-0.2, 0) is 11.3 Å². The fourth-order valence-electron chi connectivity index (χ4n) is 1.16. The van der Waals surface area contributed by atoms with Crippen molar-refractivity contribution in [3.63, 3.8) is 0 Å². The van der Waals surface area contributed by atoms with Crippen LogP contribution in [0.1, 0.15) is 5.56 Å². The number of hydrogen-bond acceptors (Lipinski definition) is 2. The van der Waals surface area contributed by atoms with Gasteiger partial charge in [0.05, 0.1) is 6.61 Å². The van der Waals surface area contributed by atoms with Crippen molar-refractivity contribution < 1.29 is 9.76 Å². The van der Waals surface area contributed by atoms with E-state index in [-0.39, 0.29) is 0 Å². The number of fused-ring (bicyclic) bond motifs is 1. The van der Waals surface area contributed by atoms with E-state index in [9.17, 15) is 0 Å². The Morgan fingerprint density at radius 1 is 1.50 bits per heavy atom. The Bertz CT molecular complexity index is 260. The Balaban J connectivity index is 2.52. The molecular weight excluding hydrogens is 127 g/mol. The van der Waals surface area contributed by atoms with Crippen LogP contribution in [0.25, 0.3) is 0 Å². The van der Waals surface area contributed by atoms with Gasteiger partial charge in [0, 0.05) is 0 Å². The lowest BCUT2D eigenvalue weighted by molar-refractivity contribution is 0.344. The second-order valence-electron chi connectivity index (χ2n) is 2.45. The van der Waals surface area contributed by atoms with E-state index >= 15 is 0 Å². The van der Waals surface area contributed by atoms with Crippen molar-refractivity contribution >= 4 is 12.9 Å². The highest BCUT2D eigenvalue weighted by atomic mass is 16.4. The van der Waals surface area contributed by atoms with Gasteiger partial charge in [-0.1, -0.05) is 6.07 Å². The lowest BCUT2D eigenvalue weighted by atomic mass is 9.87. The monoisotopic (exact) mass is 134 g/mol. The molecule has 50 valence electrons. The molecule has 0 saturated heterocycles. The van der Waals surface area contributed by atoms with E-state index in [1.165, 1.54) is 5.46 Å². The van der Waals surface area contributed by atoms with E-state index in [0.29, 0.717) is 19.8 Å². The van der Waals surface area contributed by atoms with Gasteiger partial charge in [-0.05, 0) is 23.2 Å². The molecule has 2 nitrogen and oxygen atoms in total. The number of hydrogen-bond donors (Lipinski definition) is 1. The first kappa shape index (κ1) is 5.80. The van der Waals surface area contributed by atoms with E-state index < -0.39 is 0 Å². The molecule has 1 aliphatic rings. The molecule has 0 unspecified atom stereocenters. The number of aromatic hydroxyl groups is 1. The summed E-state index contributed by atoms with van der Waals surface area (Å²) >= 11 is 0. The molecule has 3 heteroatoms. The third-order valence-corrected chi connectivity index (χ3v) is 1.70. The molecule has 0 aliphatic carbocycles. The summed E-state index contributed by atoms with van der Waals surface area (Å²) in [7, 11) is 0.690. The number of phenols is 1. The predicted octanol–water partition coefficient (Wildman–Crippen LogP) is -0.101. The van der Waals surface area contributed by atoms with Crippen LogP contribution in [0.15, 0.2) is 18.2 Å². The Morgan fingerprint density at radius 2 is 2.40 bits per heavy atom.